The van der Waals surface area contributed by atoms with E-state index in [-0.39, 0.29) is 0 Å². The topological polar surface area (TPSA) is 81.2 Å². The second kappa shape index (κ2) is 5.62. The van der Waals surface area contributed by atoms with Crippen LogP contribution < -0.4 is 0 Å². The number of hydrogen-bond donors (Lipinski definition) is 1. The van der Waals surface area contributed by atoms with E-state index < -0.39 is 17.1 Å². The number of nitrogens with zero attached hydrogens (tertiary/aromatic N) is 3. The number of aromatic nitrogens is 2. The molecule has 2 atom stereocenters. The van der Waals surface area contributed by atoms with Gasteiger partial charge in [0, 0.05) is 23.6 Å². The molecule has 1 aromatic carbocycles. The molecule has 2 unspecified atom stereocenters. The lowest BCUT2D eigenvalue weighted by atomic mass is 10.1. The lowest BCUT2D eigenvalue weighted by molar-refractivity contribution is -0.531. The highest BCUT2D eigenvalue weighted by Crippen LogP contribution is 2.18. The molecule has 19 heavy (non-hydrogen) atoms. The first-order valence-electron chi connectivity index (χ1n) is 5.96. The number of rotatable bonds is 5. The van der Waals surface area contributed by atoms with Crippen molar-refractivity contribution in [3.63, 3.8) is 0 Å². The zero-order valence-electron chi connectivity index (χ0n) is 10.5. The summed E-state index contributed by atoms with van der Waals surface area (Å²) in [4.78, 5) is 10.1. The van der Waals surface area contributed by atoms with Crippen molar-refractivity contribution in [3.05, 3.63) is 64.0 Å². The standard InChI is InChI=1S/C13H15N3O3/c1-10(16(18)19)13(17)12-7-14-15(9-12)8-11-5-3-2-4-6-11/h2-7,9-10,13,17H,8H2,1H3. The van der Waals surface area contributed by atoms with Crippen molar-refractivity contribution >= 4 is 0 Å². The first-order chi connectivity index (χ1) is 9.08. The third kappa shape index (κ3) is 3.17. The fourth-order valence-corrected chi connectivity index (χ4v) is 1.78. The van der Waals surface area contributed by atoms with Crippen molar-refractivity contribution in [1.82, 2.24) is 9.78 Å². The predicted octanol–water partition coefficient (Wildman–Crippen LogP) is 1.63. The van der Waals surface area contributed by atoms with Crippen LogP contribution in [0.3, 0.4) is 0 Å². The highest BCUT2D eigenvalue weighted by atomic mass is 16.6. The lowest BCUT2D eigenvalue weighted by Crippen LogP contribution is -2.23. The molecule has 0 saturated carbocycles. The summed E-state index contributed by atoms with van der Waals surface area (Å²) in [5.41, 5.74) is 1.54. The average Bonchev–Trinajstić information content (AvgIpc) is 2.86. The highest BCUT2D eigenvalue weighted by Gasteiger charge is 2.26. The molecule has 2 rings (SSSR count). The Morgan fingerprint density at radius 1 is 1.42 bits per heavy atom. The Bertz CT molecular complexity index is 553. The summed E-state index contributed by atoms with van der Waals surface area (Å²) >= 11 is 0. The van der Waals surface area contributed by atoms with Crippen LogP contribution in [0.25, 0.3) is 0 Å². The zero-order chi connectivity index (χ0) is 13.8. The molecule has 0 amide bonds. The van der Waals surface area contributed by atoms with E-state index in [1.165, 1.54) is 13.1 Å². The van der Waals surface area contributed by atoms with Gasteiger partial charge < -0.3 is 5.11 Å². The van der Waals surface area contributed by atoms with Gasteiger partial charge in [0.05, 0.1) is 12.7 Å². The third-order valence-corrected chi connectivity index (χ3v) is 2.97. The first-order valence-corrected chi connectivity index (χ1v) is 5.96. The Balaban J connectivity index is 2.09. The Hall–Kier alpha value is -2.21. The molecule has 1 aromatic heterocycles. The maximum absolute atomic E-state index is 10.6. The van der Waals surface area contributed by atoms with E-state index in [0.717, 1.165) is 5.56 Å². The monoisotopic (exact) mass is 261 g/mol. The van der Waals surface area contributed by atoms with E-state index in [0.29, 0.717) is 12.1 Å². The van der Waals surface area contributed by atoms with Crippen LogP contribution >= 0.6 is 0 Å². The van der Waals surface area contributed by atoms with Gasteiger partial charge in [-0.25, -0.2) is 0 Å². The van der Waals surface area contributed by atoms with Gasteiger partial charge in [-0.05, 0) is 5.56 Å². The molecule has 0 aliphatic carbocycles. The number of aliphatic hydroxyl groups is 1. The smallest absolute Gasteiger partial charge is 0.240 e. The van der Waals surface area contributed by atoms with Gasteiger partial charge in [0.1, 0.15) is 6.10 Å². The second-order valence-electron chi connectivity index (χ2n) is 4.43. The quantitative estimate of drug-likeness (QED) is 0.655. The van der Waals surface area contributed by atoms with E-state index >= 15 is 0 Å². The van der Waals surface area contributed by atoms with Crippen LogP contribution in [0.1, 0.15) is 24.2 Å². The van der Waals surface area contributed by atoms with Crippen LogP contribution in [-0.4, -0.2) is 25.9 Å². The van der Waals surface area contributed by atoms with E-state index in [9.17, 15) is 15.2 Å². The fourth-order valence-electron chi connectivity index (χ4n) is 1.78. The summed E-state index contributed by atoms with van der Waals surface area (Å²) in [5.74, 6) is 0. The summed E-state index contributed by atoms with van der Waals surface area (Å²) < 4.78 is 1.65. The van der Waals surface area contributed by atoms with Crippen molar-refractivity contribution < 1.29 is 10.0 Å². The number of hydrogen-bond acceptors (Lipinski definition) is 4. The molecule has 0 radical (unpaired) electrons. The summed E-state index contributed by atoms with van der Waals surface area (Å²) in [6.45, 7) is 1.94. The minimum absolute atomic E-state index is 0.458. The minimum atomic E-state index is -1.14. The summed E-state index contributed by atoms with van der Waals surface area (Å²) in [6, 6.07) is 8.69. The molecule has 1 heterocycles. The molecule has 6 nitrogen and oxygen atoms in total. The van der Waals surface area contributed by atoms with E-state index in [4.69, 9.17) is 0 Å². The highest BCUT2D eigenvalue weighted by molar-refractivity contribution is 5.16. The fraction of sp³-hybridized carbons (Fsp3) is 0.308. The minimum Gasteiger partial charge on any atom is -0.381 e. The Morgan fingerprint density at radius 3 is 2.74 bits per heavy atom. The van der Waals surface area contributed by atoms with Crippen molar-refractivity contribution in [1.29, 1.82) is 0 Å². The first kappa shape index (κ1) is 13.2. The molecule has 0 bridgehead atoms. The van der Waals surface area contributed by atoms with Crippen molar-refractivity contribution in [3.8, 4) is 0 Å². The Kier molecular flexibility index (Phi) is 3.91. The van der Waals surface area contributed by atoms with Gasteiger partial charge in [0.25, 0.3) is 0 Å². The van der Waals surface area contributed by atoms with Gasteiger partial charge in [0.2, 0.25) is 6.04 Å². The molecule has 0 aliphatic rings. The summed E-state index contributed by atoms with van der Waals surface area (Å²) in [5, 5.41) is 24.6. The van der Waals surface area contributed by atoms with Gasteiger partial charge in [-0.3, -0.25) is 14.8 Å². The SMILES string of the molecule is CC(C(O)c1cnn(Cc2ccccc2)c1)[N+](=O)[O-]. The Morgan fingerprint density at radius 2 is 2.11 bits per heavy atom. The molecule has 0 aliphatic heterocycles. The van der Waals surface area contributed by atoms with Gasteiger partial charge in [-0.2, -0.15) is 5.10 Å². The van der Waals surface area contributed by atoms with Crippen LogP contribution in [0.5, 0.6) is 0 Å². The van der Waals surface area contributed by atoms with Crippen LogP contribution in [0.2, 0.25) is 0 Å². The third-order valence-electron chi connectivity index (χ3n) is 2.97. The van der Waals surface area contributed by atoms with Gasteiger partial charge in [-0.15, -0.1) is 0 Å². The lowest BCUT2D eigenvalue weighted by Gasteiger charge is -2.09. The molecule has 0 fully saturated rings. The second-order valence-corrected chi connectivity index (χ2v) is 4.43. The van der Waals surface area contributed by atoms with E-state index in [2.05, 4.69) is 5.10 Å². The van der Waals surface area contributed by atoms with E-state index in [1.807, 2.05) is 30.3 Å². The average molecular weight is 261 g/mol. The van der Waals surface area contributed by atoms with Crippen molar-refractivity contribution in [2.75, 3.05) is 0 Å². The molecule has 0 saturated heterocycles. The molecule has 2 aromatic rings. The summed E-state index contributed by atoms with van der Waals surface area (Å²) in [7, 11) is 0. The van der Waals surface area contributed by atoms with Crippen LogP contribution in [0.15, 0.2) is 42.7 Å². The molecular formula is C13H15N3O3. The largest absolute Gasteiger partial charge is 0.381 e. The predicted molar refractivity (Wildman–Crippen MR) is 69.2 cm³/mol. The summed E-state index contributed by atoms with van der Waals surface area (Å²) in [6.07, 6.45) is 1.96. The number of benzene rings is 1. The number of aliphatic hydroxyl groups excluding tert-OH is 1. The molecule has 6 heteroatoms. The van der Waals surface area contributed by atoms with Crippen molar-refractivity contribution in [2.24, 2.45) is 0 Å². The van der Waals surface area contributed by atoms with Gasteiger partial charge in [0.15, 0.2) is 0 Å². The molecular weight excluding hydrogens is 246 g/mol. The van der Waals surface area contributed by atoms with Gasteiger partial charge >= 0.3 is 0 Å². The molecule has 1 N–H and O–H groups in total. The van der Waals surface area contributed by atoms with Crippen LogP contribution in [0, 0.1) is 10.1 Å². The van der Waals surface area contributed by atoms with E-state index in [1.54, 1.807) is 10.9 Å². The normalized spacial score (nSPS) is 14.0. The number of nitro groups is 1. The maximum atomic E-state index is 10.6. The maximum Gasteiger partial charge on any atom is 0.240 e. The molecule has 0 spiro atoms. The van der Waals surface area contributed by atoms with Crippen molar-refractivity contribution in [2.45, 2.75) is 25.6 Å². The van der Waals surface area contributed by atoms with Crippen LogP contribution in [0.4, 0.5) is 0 Å². The van der Waals surface area contributed by atoms with Crippen LogP contribution in [-0.2, 0) is 6.54 Å². The van der Waals surface area contributed by atoms with Gasteiger partial charge in [-0.1, -0.05) is 30.3 Å². The molecule has 100 valence electrons. The Labute approximate surface area is 110 Å². The zero-order valence-corrected chi connectivity index (χ0v) is 10.5.